The van der Waals surface area contributed by atoms with E-state index in [1.54, 1.807) is 6.07 Å². The number of aromatic nitrogens is 2. The second kappa shape index (κ2) is 5.22. The van der Waals surface area contributed by atoms with E-state index in [9.17, 15) is 4.79 Å². The highest BCUT2D eigenvalue weighted by molar-refractivity contribution is 14.1. The molecule has 0 bridgehead atoms. The summed E-state index contributed by atoms with van der Waals surface area (Å²) in [6, 6.07) is 9.48. The van der Waals surface area contributed by atoms with Gasteiger partial charge in [0.2, 0.25) is 0 Å². The Labute approximate surface area is 112 Å². The van der Waals surface area contributed by atoms with E-state index in [-0.39, 0.29) is 5.69 Å². The number of benzene rings is 1. The number of esters is 1. The number of hydrogen-bond donors (Lipinski definition) is 0. The summed E-state index contributed by atoms with van der Waals surface area (Å²) in [5.41, 5.74) is 1.91. The molecular formula is C12H9IN2O2. The first-order valence-electron chi connectivity index (χ1n) is 4.87. The third-order valence-corrected chi connectivity index (χ3v) is 2.92. The first kappa shape index (κ1) is 12.0. The number of halogens is 1. The summed E-state index contributed by atoms with van der Waals surface area (Å²) in [5, 5.41) is 0. The molecule has 0 saturated carbocycles. The number of ether oxygens (including phenoxy) is 1. The lowest BCUT2D eigenvalue weighted by molar-refractivity contribution is 0.0594. The monoisotopic (exact) mass is 340 g/mol. The summed E-state index contributed by atoms with van der Waals surface area (Å²) in [4.78, 5) is 19.3. The Balaban J connectivity index is 2.39. The normalized spacial score (nSPS) is 10.0. The highest BCUT2D eigenvalue weighted by atomic mass is 127. The van der Waals surface area contributed by atoms with Gasteiger partial charge in [-0.3, -0.25) is 0 Å². The van der Waals surface area contributed by atoms with Crippen molar-refractivity contribution < 1.29 is 9.53 Å². The molecule has 0 aliphatic rings. The van der Waals surface area contributed by atoms with Crippen LogP contribution >= 0.6 is 22.6 Å². The van der Waals surface area contributed by atoms with Crippen molar-refractivity contribution in [2.24, 2.45) is 0 Å². The van der Waals surface area contributed by atoms with Crippen LogP contribution in [0.2, 0.25) is 0 Å². The fraction of sp³-hybridized carbons (Fsp3) is 0.0833. The van der Waals surface area contributed by atoms with Crippen LogP contribution in [-0.2, 0) is 4.74 Å². The van der Waals surface area contributed by atoms with Crippen molar-refractivity contribution in [3.05, 3.63) is 45.9 Å². The maximum Gasteiger partial charge on any atom is 0.356 e. The molecule has 0 saturated heterocycles. The molecule has 0 spiro atoms. The van der Waals surface area contributed by atoms with E-state index in [4.69, 9.17) is 0 Å². The van der Waals surface area contributed by atoms with Gasteiger partial charge >= 0.3 is 5.97 Å². The first-order valence-corrected chi connectivity index (χ1v) is 5.95. The van der Waals surface area contributed by atoms with Gasteiger partial charge in [-0.25, -0.2) is 14.8 Å². The third kappa shape index (κ3) is 2.79. The Morgan fingerprint density at radius 1 is 1.24 bits per heavy atom. The van der Waals surface area contributed by atoms with Crippen LogP contribution in [0.5, 0.6) is 0 Å². The van der Waals surface area contributed by atoms with Crippen LogP contribution < -0.4 is 0 Å². The maximum atomic E-state index is 11.3. The number of carbonyl (C=O) groups excluding carboxylic acids is 1. The topological polar surface area (TPSA) is 52.1 Å². The fourth-order valence-electron chi connectivity index (χ4n) is 1.35. The Bertz CT molecular complexity index is 540. The molecule has 86 valence electrons. The zero-order chi connectivity index (χ0) is 12.3. The van der Waals surface area contributed by atoms with Gasteiger partial charge < -0.3 is 4.74 Å². The molecule has 2 aromatic rings. The summed E-state index contributed by atoms with van der Waals surface area (Å²) in [5.74, 6) is -0.459. The predicted octanol–water partition coefficient (Wildman–Crippen LogP) is 2.53. The van der Waals surface area contributed by atoms with Gasteiger partial charge in [-0.2, -0.15) is 0 Å². The molecule has 0 atom stereocenters. The van der Waals surface area contributed by atoms with Crippen molar-refractivity contribution >= 4 is 28.6 Å². The molecule has 0 amide bonds. The Hall–Kier alpha value is -1.50. The lowest BCUT2D eigenvalue weighted by Gasteiger charge is -2.02. The van der Waals surface area contributed by atoms with Crippen molar-refractivity contribution in [3.8, 4) is 11.3 Å². The van der Waals surface area contributed by atoms with E-state index in [1.807, 2.05) is 24.3 Å². The molecule has 1 aromatic heterocycles. The zero-order valence-electron chi connectivity index (χ0n) is 9.05. The minimum Gasteiger partial charge on any atom is -0.464 e. The first-order chi connectivity index (χ1) is 8.20. The van der Waals surface area contributed by atoms with Crippen LogP contribution in [0.3, 0.4) is 0 Å². The number of hydrogen-bond acceptors (Lipinski definition) is 4. The van der Waals surface area contributed by atoms with Crippen molar-refractivity contribution in [1.29, 1.82) is 0 Å². The number of nitrogens with zero attached hydrogens (tertiary/aromatic N) is 2. The van der Waals surface area contributed by atoms with E-state index in [0.29, 0.717) is 5.69 Å². The van der Waals surface area contributed by atoms with Gasteiger partial charge in [0, 0.05) is 9.13 Å². The molecule has 2 rings (SSSR count). The van der Waals surface area contributed by atoms with Crippen molar-refractivity contribution in [2.75, 3.05) is 7.11 Å². The summed E-state index contributed by atoms with van der Waals surface area (Å²) < 4.78 is 5.76. The molecule has 0 aliphatic heterocycles. The Morgan fingerprint density at radius 2 is 1.94 bits per heavy atom. The average Bonchev–Trinajstić information content (AvgIpc) is 2.39. The van der Waals surface area contributed by atoms with Crippen molar-refractivity contribution in [2.45, 2.75) is 0 Å². The summed E-state index contributed by atoms with van der Waals surface area (Å²) in [7, 11) is 1.33. The van der Waals surface area contributed by atoms with Crippen LogP contribution in [0.15, 0.2) is 36.7 Å². The van der Waals surface area contributed by atoms with E-state index < -0.39 is 5.97 Å². The van der Waals surface area contributed by atoms with Gasteiger partial charge in [0.05, 0.1) is 12.8 Å². The molecule has 0 unspecified atom stereocenters. The summed E-state index contributed by atoms with van der Waals surface area (Å²) in [6.07, 6.45) is 1.36. The molecule has 0 radical (unpaired) electrons. The summed E-state index contributed by atoms with van der Waals surface area (Å²) in [6.45, 7) is 0. The van der Waals surface area contributed by atoms with Gasteiger partial charge in [-0.1, -0.05) is 12.1 Å². The smallest absolute Gasteiger partial charge is 0.356 e. The minimum atomic E-state index is -0.459. The highest BCUT2D eigenvalue weighted by Crippen LogP contribution is 2.18. The van der Waals surface area contributed by atoms with Crippen LogP contribution in [0.1, 0.15) is 10.5 Å². The van der Waals surface area contributed by atoms with E-state index in [2.05, 4.69) is 37.3 Å². The van der Waals surface area contributed by atoms with Gasteiger partial charge in [0.15, 0.2) is 5.69 Å². The molecule has 0 fully saturated rings. The quantitative estimate of drug-likeness (QED) is 0.623. The largest absolute Gasteiger partial charge is 0.464 e. The zero-order valence-corrected chi connectivity index (χ0v) is 11.2. The van der Waals surface area contributed by atoms with Crippen LogP contribution in [0.25, 0.3) is 11.3 Å². The Kier molecular flexibility index (Phi) is 3.68. The van der Waals surface area contributed by atoms with E-state index in [0.717, 1.165) is 9.13 Å². The van der Waals surface area contributed by atoms with Crippen LogP contribution in [0.4, 0.5) is 0 Å². The van der Waals surface area contributed by atoms with Gasteiger partial charge in [0.25, 0.3) is 0 Å². The van der Waals surface area contributed by atoms with Gasteiger partial charge in [-0.15, -0.1) is 0 Å². The molecule has 0 N–H and O–H groups in total. The standard InChI is InChI=1S/C12H9IN2O2/c1-17-12(16)11-6-10(14-7-15-11)8-2-4-9(13)5-3-8/h2-7H,1H3. The lowest BCUT2D eigenvalue weighted by atomic mass is 10.1. The lowest BCUT2D eigenvalue weighted by Crippen LogP contribution is -2.04. The number of rotatable bonds is 2. The van der Waals surface area contributed by atoms with E-state index in [1.165, 1.54) is 13.4 Å². The second-order valence-electron chi connectivity index (χ2n) is 3.29. The average molecular weight is 340 g/mol. The Morgan fingerprint density at radius 3 is 2.59 bits per heavy atom. The molecule has 1 aromatic carbocycles. The molecule has 0 aliphatic carbocycles. The van der Waals surface area contributed by atoms with Crippen molar-refractivity contribution in [3.63, 3.8) is 0 Å². The fourth-order valence-corrected chi connectivity index (χ4v) is 1.71. The molecule has 1 heterocycles. The maximum absolute atomic E-state index is 11.3. The van der Waals surface area contributed by atoms with Gasteiger partial charge in [-0.05, 0) is 40.8 Å². The molecule has 17 heavy (non-hydrogen) atoms. The number of methoxy groups -OCH3 is 1. The SMILES string of the molecule is COC(=O)c1cc(-c2ccc(I)cc2)ncn1. The summed E-state index contributed by atoms with van der Waals surface area (Å²) >= 11 is 2.23. The predicted molar refractivity (Wildman–Crippen MR) is 71.5 cm³/mol. The van der Waals surface area contributed by atoms with E-state index >= 15 is 0 Å². The second-order valence-corrected chi connectivity index (χ2v) is 4.53. The number of carbonyl (C=O) groups is 1. The third-order valence-electron chi connectivity index (χ3n) is 2.20. The van der Waals surface area contributed by atoms with Gasteiger partial charge in [0.1, 0.15) is 6.33 Å². The molecule has 5 heteroatoms. The highest BCUT2D eigenvalue weighted by Gasteiger charge is 2.09. The van der Waals surface area contributed by atoms with Crippen molar-refractivity contribution in [1.82, 2.24) is 9.97 Å². The minimum absolute atomic E-state index is 0.260. The van der Waals surface area contributed by atoms with Crippen LogP contribution in [-0.4, -0.2) is 23.0 Å². The molecular weight excluding hydrogens is 331 g/mol. The van der Waals surface area contributed by atoms with Crippen LogP contribution in [0, 0.1) is 3.57 Å². The molecule has 4 nitrogen and oxygen atoms in total.